The van der Waals surface area contributed by atoms with E-state index in [2.05, 4.69) is 25.3 Å². The van der Waals surface area contributed by atoms with Gasteiger partial charge in [-0.15, -0.1) is 0 Å². The quantitative estimate of drug-likeness (QED) is 0.207. The summed E-state index contributed by atoms with van der Waals surface area (Å²) in [5.74, 6) is -6.36. The Bertz CT molecular complexity index is 2260. The average molecular weight is 885 g/mol. The van der Waals surface area contributed by atoms with E-state index in [4.69, 9.17) is 18.9 Å². The van der Waals surface area contributed by atoms with E-state index in [1.807, 2.05) is 0 Å². The third-order valence-electron chi connectivity index (χ3n) is 12.3. The number of nitrogens with zero attached hydrogens (tertiary/aromatic N) is 3. The second-order valence-electron chi connectivity index (χ2n) is 17.2. The summed E-state index contributed by atoms with van der Waals surface area (Å²) in [6.45, 7) is 5.68. The number of alkyl carbamates (subject to hydrolysis) is 1. The molecule has 334 valence electrons. The zero-order chi connectivity index (χ0) is 44.5. The van der Waals surface area contributed by atoms with Crippen LogP contribution in [-0.4, -0.2) is 107 Å². The van der Waals surface area contributed by atoms with E-state index < -0.39 is 104 Å². The van der Waals surface area contributed by atoms with Crippen LogP contribution in [0.1, 0.15) is 85.3 Å². The number of aromatic nitrogens is 2. The molecule has 7 rings (SSSR count). The smallest absolute Gasteiger partial charge is 0.438 e. The minimum atomic E-state index is -5.02. The maximum atomic E-state index is 14.7. The molecule has 0 unspecified atom stereocenters. The van der Waals surface area contributed by atoms with Crippen LogP contribution in [0.2, 0.25) is 0 Å². The van der Waals surface area contributed by atoms with Crippen molar-refractivity contribution in [3.63, 3.8) is 0 Å². The largest absolute Gasteiger partial charge is 0.497 e. The Kier molecular flexibility index (Phi) is 11.3. The van der Waals surface area contributed by atoms with Gasteiger partial charge in [0.15, 0.2) is 5.60 Å². The van der Waals surface area contributed by atoms with Gasteiger partial charge in [-0.05, 0) is 77.5 Å². The van der Waals surface area contributed by atoms with Gasteiger partial charge in [0, 0.05) is 31.0 Å². The number of sulfonamides is 1. The van der Waals surface area contributed by atoms with Crippen molar-refractivity contribution in [2.45, 2.75) is 138 Å². The van der Waals surface area contributed by atoms with Gasteiger partial charge in [0.1, 0.15) is 23.4 Å². The van der Waals surface area contributed by atoms with Crippen LogP contribution in [0.4, 0.5) is 26.7 Å². The van der Waals surface area contributed by atoms with E-state index in [0.717, 1.165) is 13.8 Å². The minimum Gasteiger partial charge on any atom is -0.497 e. The lowest BCUT2D eigenvalue weighted by atomic mass is 9.96. The van der Waals surface area contributed by atoms with Crippen LogP contribution < -0.4 is 24.8 Å². The van der Waals surface area contributed by atoms with E-state index in [9.17, 15) is 44.8 Å². The molecule has 0 radical (unpaired) electrons. The highest BCUT2D eigenvalue weighted by molar-refractivity contribution is 7.91. The molecule has 3 N–H and O–H groups in total. The molecule has 2 aliphatic carbocycles. The van der Waals surface area contributed by atoms with Crippen LogP contribution >= 0.6 is 0 Å². The first kappa shape index (κ1) is 44.3. The fourth-order valence-electron chi connectivity index (χ4n) is 7.80. The molecule has 2 saturated carbocycles. The topological polar surface area (TPSA) is 187 Å². The van der Waals surface area contributed by atoms with Crippen LogP contribution in [0.5, 0.6) is 11.6 Å². The number of allylic oxidation sites excluding steroid dienone is 1. The van der Waals surface area contributed by atoms with Crippen molar-refractivity contribution in [1.29, 1.82) is 0 Å². The molecule has 61 heavy (non-hydrogen) atoms. The van der Waals surface area contributed by atoms with Crippen LogP contribution in [-0.2, 0) is 35.3 Å². The van der Waals surface area contributed by atoms with Crippen molar-refractivity contribution in [3.8, 4) is 11.6 Å². The molecule has 1 aromatic carbocycles. The number of methoxy groups -OCH3 is 1. The summed E-state index contributed by atoms with van der Waals surface area (Å²) in [4.78, 5) is 51.5. The SMILES string of the molecule is CC[C@@H]1O[C@@H]2C=C([C@H]1NC(=O)OC(C)(C)C(C)(F)F)N1C[C@H](Oc3nc4cc(OC)ccc4nc3C(F)(F)F)C[C@H]1C(=O)N[C@]1(C(=O)NS(=O)(=O)C3(C)CC3)C[C@H]1/C=C\CC2. The predicted molar refractivity (Wildman–Crippen MR) is 208 cm³/mol. The van der Waals surface area contributed by atoms with E-state index in [1.165, 1.54) is 37.1 Å². The number of fused-ring (bicyclic) bond motifs is 5. The molecule has 0 spiro atoms. The Morgan fingerprint density at radius 3 is 2.46 bits per heavy atom. The number of amides is 3. The number of rotatable bonds is 10. The second-order valence-corrected chi connectivity index (χ2v) is 19.4. The maximum Gasteiger partial charge on any atom is 0.438 e. The Morgan fingerprint density at radius 2 is 1.82 bits per heavy atom. The van der Waals surface area contributed by atoms with Gasteiger partial charge in [-0.25, -0.2) is 32.0 Å². The summed E-state index contributed by atoms with van der Waals surface area (Å²) in [6.07, 6.45) is -2.20. The Hall–Kier alpha value is -4.79. The van der Waals surface area contributed by atoms with Gasteiger partial charge in [0.05, 0.1) is 47.7 Å². The van der Waals surface area contributed by atoms with Gasteiger partial charge in [0.2, 0.25) is 27.5 Å². The standard InChI is InChI=1S/C40H49F5N6O9S/c1-7-29-30(48-35(54)60-36(2,3)38(5,41)42)27-17-23(58-29)11-9-8-10-21-19-39(21,34(53)50-61(55,56)37(4)14-15-37)49-32(52)28-18-24(20-51(27)28)59-33-31(40(43,44)45)46-25-13-12-22(57-6)16-26(25)47-33/h8,10,12-13,16-17,21,23-24,28-30H,7,9,11,14-15,18-20H2,1-6H3,(H,48,54)(H,49,52)(H,50,53)/b10-8-/t21-,23+,24-,28+,29+,30-,39-/m1/s1. The molecular formula is C40H49F5N6O9S. The first-order valence-corrected chi connectivity index (χ1v) is 21.5. The van der Waals surface area contributed by atoms with Gasteiger partial charge >= 0.3 is 12.3 Å². The second kappa shape index (κ2) is 15.5. The highest BCUT2D eigenvalue weighted by atomic mass is 32.2. The summed E-state index contributed by atoms with van der Waals surface area (Å²) in [5, 5.41) is 5.43. The van der Waals surface area contributed by atoms with Crippen LogP contribution in [0.15, 0.2) is 42.1 Å². The zero-order valence-corrected chi connectivity index (χ0v) is 35.2. The van der Waals surface area contributed by atoms with Crippen molar-refractivity contribution in [2.75, 3.05) is 13.7 Å². The molecule has 2 bridgehead atoms. The fraction of sp³-hybridized carbons (Fsp3) is 0.625. The number of halogens is 5. The lowest BCUT2D eigenvalue weighted by molar-refractivity contribution is -0.151. The van der Waals surface area contributed by atoms with Crippen LogP contribution in [0, 0.1) is 5.92 Å². The fourth-order valence-corrected chi connectivity index (χ4v) is 9.11. The van der Waals surface area contributed by atoms with Gasteiger partial charge in [-0.2, -0.15) is 13.2 Å². The van der Waals surface area contributed by atoms with E-state index in [0.29, 0.717) is 38.4 Å². The Balaban J connectivity index is 1.28. The lowest BCUT2D eigenvalue weighted by Gasteiger charge is -2.42. The predicted octanol–water partition coefficient (Wildman–Crippen LogP) is 5.29. The monoisotopic (exact) mass is 884 g/mol. The van der Waals surface area contributed by atoms with Gasteiger partial charge in [-0.3, -0.25) is 14.3 Å². The van der Waals surface area contributed by atoms with Crippen LogP contribution in [0.25, 0.3) is 11.0 Å². The molecule has 3 aliphatic heterocycles. The molecule has 1 saturated heterocycles. The number of nitrogens with one attached hydrogen (secondary N) is 3. The maximum absolute atomic E-state index is 14.7. The van der Waals surface area contributed by atoms with Gasteiger partial charge in [0.25, 0.3) is 11.8 Å². The number of alkyl halides is 5. The lowest BCUT2D eigenvalue weighted by Crippen LogP contribution is -2.59. The summed E-state index contributed by atoms with van der Waals surface area (Å²) in [7, 11) is -2.75. The normalized spacial score (nSPS) is 29.3. The molecule has 3 fully saturated rings. The molecule has 2 aromatic rings. The third-order valence-corrected chi connectivity index (χ3v) is 14.5. The number of ether oxygens (including phenoxy) is 4. The number of hydrogen-bond acceptors (Lipinski definition) is 12. The highest BCUT2D eigenvalue weighted by Gasteiger charge is 2.63. The molecule has 1 aromatic heterocycles. The Morgan fingerprint density at radius 1 is 1.10 bits per heavy atom. The molecule has 15 nitrogen and oxygen atoms in total. The van der Waals surface area contributed by atoms with Gasteiger partial charge in [-0.1, -0.05) is 19.1 Å². The number of benzene rings is 1. The summed E-state index contributed by atoms with van der Waals surface area (Å²) in [5.41, 5.74) is -5.17. The summed E-state index contributed by atoms with van der Waals surface area (Å²) < 4.78 is 123. The number of carbonyl (C=O) groups is 3. The summed E-state index contributed by atoms with van der Waals surface area (Å²) >= 11 is 0. The van der Waals surface area contributed by atoms with Crippen LogP contribution in [0.3, 0.4) is 0 Å². The summed E-state index contributed by atoms with van der Waals surface area (Å²) in [6, 6.07) is 1.68. The highest BCUT2D eigenvalue weighted by Crippen LogP contribution is 2.48. The van der Waals surface area contributed by atoms with Crippen molar-refractivity contribution < 1.29 is 63.7 Å². The van der Waals surface area contributed by atoms with Crippen molar-refractivity contribution >= 4 is 39.0 Å². The number of carbonyl (C=O) groups excluding carboxylic acids is 3. The average Bonchev–Trinajstić information content (AvgIpc) is 4.05. The molecular weight excluding hydrogens is 836 g/mol. The number of hydrogen-bond donors (Lipinski definition) is 3. The molecule has 21 heteroatoms. The first-order chi connectivity index (χ1) is 28.4. The van der Waals surface area contributed by atoms with Crippen molar-refractivity contribution in [2.24, 2.45) is 5.92 Å². The van der Waals surface area contributed by atoms with E-state index in [-0.39, 0.29) is 42.5 Å². The van der Waals surface area contributed by atoms with E-state index in [1.54, 1.807) is 25.2 Å². The molecule has 4 heterocycles. The molecule has 3 amide bonds. The van der Waals surface area contributed by atoms with Gasteiger partial charge < -0.3 is 34.5 Å². The molecule has 5 aliphatic rings. The zero-order valence-electron chi connectivity index (χ0n) is 34.4. The molecule has 7 atom stereocenters. The van der Waals surface area contributed by atoms with Crippen molar-refractivity contribution in [1.82, 2.24) is 30.2 Å². The Labute approximate surface area is 349 Å². The van der Waals surface area contributed by atoms with Crippen molar-refractivity contribution in [3.05, 3.63) is 47.8 Å². The third kappa shape index (κ3) is 8.68. The van der Waals surface area contributed by atoms with E-state index >= 15 is 0 Å². The first-order valence-electron chi connectivity index (χ1n) is 20.1. The minimum absolute atomic E-state index is 0.0286.